The van der Waals surface area contributed by atoms with E-state index in [1.807, 2.05) is 18.2 Å². The molecular weight excluding hydrogens is 465 g/mol. The van der Waals surface area contributed by atoms with Crippen molar-refractivity contribution in [2.45, 2.75) is 37.1 Å². The van der Waals surface area contributed by atoms with Crippen molar-refractivity contribution >= 4 is 35.2 Å². The molecule has 0 saturated carbocycles. The van der Waals surface area contributed by atoms with Gasteiger partial charge in [0.25, 0.3) is 0 Å². The molecule has 0 amide bonds. The lowest BCUT2D eigenvalue weighted by Crippen LogP contribution is -2.51. The van der Waals surface area contributed by atoms with E-state index in [4.69, 9.17) is 37.4 Å². The van der Waals surface area contributed by atoms with Crippen LogP contribution in [0.5, 0.6) is 11.5 Å². The van der Waals surface area contributed by atoms with E-state index in [-0.39, 0.29) is 18.8 Å². The van der Waals surface area contributed by atoms with Crippen LogP contribution in [0.3, 0.4) is 0 Å². The Labute approximate surface area is 200 Å². The molecule has 3 heterocycles. The number of nitrogens with zero attached hydrogens (tertiary/aromatic N) is 1. The summed E-state index contributed by atoms with van der Waals surface area (Å²) >= 11 is 12.4. The summed E-state index contributed by atoms with van der Waals surface area (Å²) in [5.74, 6) is 0.641. The highest BCUT2D eigenvalue weighted by Gasteiger charge is 2.50. The van der Waals surface area contributed by atoms with Crippen molar-refractivity contribution in [3.05, 3.63) is 74.8 Å². The molecule has 1 fully saturated rings. The molecule has 33 heavy (non-hydrogen) atoms. The predicted molar refractivity (Wildman–Crippen MR) is 124 cm³/mol. The Morgan fingerprint density at radius 1 is 1.18 bits per heavy atom. The molecular formula is C25H21Cl2NO5. The fourth-order valence-electron chi connectivity index (χ4n) is 5.47. The molecule has 4 atom stereocenters. The number of rotatable bonds is 3. The summed E-state index contributed by atoms with van der Waals surface area (Å²) in [6.45, 7) is 1.88. The zero-order chi connectivity index (χ0) is 22.7. The van der Waals surface area contributed by atoms with Gasteiger partial charge in [0.1, 0.15) is 12.2 Å². The number of carbonyl (C=O) groups excluding carboxylic acids is 1. The molecule has 6 nitrogen and oxygen atoms in total. The first kappa shape index (κ1) is 21.1. The smallest absolute Gasteiger partial charge is 0.331 e. The van der Waals surface area contributed by atoms with Crippen LogP contribution in [0, 0.1) is 0 Å². The summed E-state index contributed by atoms with van der Waals surface area (Å²) in [4.78, 5) is 15.2. The Kier molecular flexibility index (Phi) is 5.14. The third-order valence-corrected chi connectivity index (χ3v) is 7.54. The maximum absolute atomic E-state index is 12.8. The van der Waals surface area contributed by atoms with Gasteiger partial charge in [0, 0.05) is 46.7 Å². The Bertz CT molecular complexity index is 1190. The third kappa shape index (κ3) is 3.53. The minimum absolute atomic E-state index is 0.0843. The van der Waals surface area contributed by atoms with Gasteiger partial charge >= 0.3 is 5.97 Å². The van der Waals surface area contributed by atoms with E-state index < -0.39 is 18.2 Å². The molecule has 2 aromatic rings. The fraction of sp³-hybridized carbons (Fsp3) is 0.320. The van der Waals surface area contributed by atoms with Crippen molar-refractivity contribution in [1.29, 1.82) is 0 Å². The number of halogens is 2. The summed E-state index contributed by atoms with van der Waals surface area (Å²) < 4.78 is 17.0. The lowest BCUT2D eigenvalue weighted by atomic mass is 9.73. The van der Waals surface area contributed by atoms with Gasteiger partial charge in [0.15, 0.2) is 11.5 Å². The number of carbonyl (C=O) groups is 1. The van der Waals surface area contributed by atoms with Crippen molar-refractivity contribution in [3.63, 3.8) is 0 Å². The van der Waals surface area contributed by atoms with Crippen molar-refractivity contribution in [1.82, 2.24) is 4.90 Å². The molecule has 0 spiro atoms. The summed E-state index contributed by atoms with van der Waals surface area (Å²) in [5, 5.41) is 11.9. The summed E-state index contributed by atoms with van der Waals surface area (Å²) in [6.07, 6.45) is 3.94. The van der Waals surface area contributed by atoms with Crippen LogP contribution in [0.25, 0.3) is 6.08 Å². The first-order valence-electron chi connectivity index (χ1n) is 10.9. The summed E-state index contributed by atoms with van der Waals surface area (Å²) in [5.41, 5.74) is 3.88. The molecule has 1 saturated heterocycles. The Balaban J connectivity index is 1.33. The van der Waals surface area contributed by atoms with E-state index in [1.165, 1.54) is 17.7 Å². The molecule has 170 valence electrons. The largest absolute Gasteiger partial charge is 0.455 e. The van der Waals surface area contributed by atoms with Gasteiger partial charge in [-0.15, -0.1) is 0 Å². The number of benzene rings is 2. The topological polar surface area (TPSA) is 68.2 Å². The van der Waals surface area contributed by atoms with Crippen molar-refractivity contribution in [3.8, 4) is 11.5 Å². The van der Waals surface area contributed by atoms with Gasteiger partial charge in [-0.25, -0.2) is 4.79 Å². The highest BCUT2D eigenvalue weighted by Crippen LogP contribution is 2.50. The maximum atomic E-state index is 12.8. The first-order valence-corrected chi connectivity index (χ1v) is 11.6. The van der Waals surface area contributed by atoms with Crippen LogP contribution in [0.15, 0.2) is 48.1 Å². The number of aliphatic hydroxyl groups excluding tert-OH is 1. The highest BCUT2D eigenvalue weighted by molar-refractivity contribution is 6.37. The standard InChI is InChI=1S/C25H21Cl2NO5/c26-17-2-1-3-18(27)15(17)4-5-22(30)33-25-19(29)8-13-6-7-28-11-14-9-20-21(32-12-31-20)10-16(14)23(25)24(13)28/h1-5,8-10,19,23-25,29H,6-7,11-12H2/b5-4+/t19-,23?,24?,25+/m0/s1. The highest BCUT2D eigenvalue weighted by atomic mass is 35.5. The monoisotopic (exact) mass is 485 g/mol. The average molecular weight is 486 g/mol. The van der Waals surface area contributed by atoms with Crippen LogP contribution in [-0.2, 0) is 16.1 Å². The fourth-order valence-corrected chi connectivity index (χ4v) is 5.99. The van der Waals surface area contributed by atoms with Crippen LogP contribution in [0.4, 0.5) is 0 Å². The van der Waals surface area contributed by atoms with E-state index in [1.54, 1.807) is 18.2 Å². The molecule has 2 aromatic carbocycles. The molecule has 3 aliphatic heterocycles. The van der Waals surface area contributed by atoms with Crippen molar-refractivity contribution < 1.29 is 24.1 Å². The Morgan fingerprint density at radius 3 is 2.73 bits per heavy atom. The predicted octanol–water partition coefficient (Wildman–Crippen LogP) is 4.32. The van der Waals surface area contributed by atoms with E-state index in [0.717, 1.165) is 36.4 Å². The number of hydrogen-bond donors (Lipinski definition) is 1. The van der Waals surface area contributed by atoms with Crippen LogP contribution >= 0.6 is 23.2 Å². The average Bonchev–Trinajstić information content (AvgIpc) is 3.41. The van der Waals surface area contributed by atoms with Gasteiger partial charge in [-0.05, 0) is 47.9 Å². The van der Waals surface area contributed by atoms with Crippen molar-refractivity contribution in [2.24, 2.45) is 0 Å². The van der Waals surface area contributed by atoms with Gasteiger partial charge in [-0.2, -0.15) is 0 Å². The SMILES string of the molecule is O=C(/C=C/c1c(Cl)cccc1Cl)O[C@H]1C2c3cc4c(cc3CN3CCC(=C[C@@H]1O)C23)OCO4. The molecule has 2 unspecified atom stereocenters. The minimum Gasteiger partial charge on any atom is -0.455 e. The van der Waals surface area contributed by atoms with E-state index >= 15 is 0 Å². The zero-order valence-electron chi connectivity index (χ0n) is 17.5. The van der Waals surface area contributed by atoms with Gasteiger partial charge in [-0.1, -0.05) is 40.9 Å². The molecule has 1 N–H and O–H groups in total. The molecule has 1 aliphatic carbocycles. The quantitative estimate of drug-likeness (QED) is 0.396. The Morgan fingerprint density at radius 2 is 1.94 bits per heavy atom. The molecule has 8 heteroatoms. The molecule has 0 bridgehead atoms. The van der Waals surface area contributed by atoms with Gasteiger partial charge < -0.3 is 19.3 Å². The summed E-state index contributed by atoms with van der Waals surface area (Å²) in [6, 6.07) is 9.21. The molecule has 6 rings (SSSR count). The first-order chi connectivity index (χ1) is 16.0. The zero-order valence-corrected chi connectivity index (χ0v) is 19.1. The van der Waals surface area contributed by atoms with Crippen LogP contribution in [0.2, 0.25) is 10.0 Å². The number of aliphatic hydroxyl groups is 1. The Hall–Kier alpha value is -2.51. The lowest BCUT2D eigenvalue weighted by molar-refractivity contribution is -0.150. The minimum atomic E-state index is -0.904. The second-order valence-corrected chi connectivity index (χ2v) is 9.51. The number of fused-ring (bicyclic) bond motifs is 3. The summed E-state index contributed by atoms with van der Waals surface area (Å²) in [7, 11) is 0. The van der Waals surface area contributed by atoms with Gasteiger partial charge in [0.05, 0.1) is 0 Å². The van der Waals surface area contributed by atoms with Crippen LogP contribution in [0.1, 0.15) is 29.0 Å². The van der Waals surface area contributed by atoms with Gasteiger partial charge in [0.2, 0.25) is 6.79 Å². The molecule has 4 aliphatic rings. The number of hydrogen-bond acceptors (Lipinski definition) is 6. The van der Waals surface area contributed by atoms with E-state index in [2.05, 4.69) is 4.90 Å². The number of ether oxygens (including phenoxy) is 3. The van der Waals surface area contributed by atoms with Crippen LogP contribution < -0.4 is 9.47 Å². The van der Waals surface area contributed by atoms with E-state index in [9.17, 15) is 9.90 Å². The van der Waals surface area contributed by atoms with E-state index in [0.29, 0.717) is 21.4 Å². The normalized spacial score (nSPS) is 27.3. The van der Waals surface area contributed by atoms with Gasteiger partial charge in [-0.3, -0.25) is 4.90 Å². The number of esters is 1. The molecule has 0 radical (unpaired) electrons. The van der Waals surface area contributed by atoms with Crippen molar-refractivity contribution in [2.75, 3.05) is 13.3 Å². The third-order valence-electron chi connectivity index (χ3n) is 6.88. The lowest BCUT2D eigenvalue weighted by Gasteiger charge is -2.45. The second kappa shape index (κ2) is 8.06. The molecule has 0 aromatic heterocycles. The maximum Gasteiger partial charge on any atom is 0.331 e. The van der Waals surface area contributed by atoms with Crippen LogP contribution in [-0.4, -0.2) is 47.6 Å². The second-order valence-electron chi connectivity index (χ2n) is 8.70.